The van der Waals surface area contributed by atoms with Crippen LogP contribution in [0.5, 0.6) is 0 Å². The molecule has 1 aliphatic rings. The van der Waals surface area contributed by atoms with Crippen LogP contribution in [0, 0.1) is 0 Å². The Balaban J connectivity index is 1.76. The zero-order valence-electron chi connectivity index (χ0n) is 13.6. The van der Waals surface area contributed by atoms with Gasteiger partial charge in [-0.2, -0.15) is 0 Å². The van der Waals surface area contributed by atoms with Crippen LogP contribution >= 0.6 is 15.9 Å². The molecule has 0 bridgehead atoms. The average molecular weight is 402 g/mol. The summed E-state index contributed by atoms with van der Waals surface area (Å²) in [5.41, 5.74) is 1.68. The first-order valence-electron chi connectivity index (χ1n) is 8.23. The molecule has 124 valence electrons. The summed E-state index contributed by atoms with van der Waals surface area (Å²) in [7, 11) is 0. The van der Waals surface area contributed by atoms with Gasteiger partial charge in [0.2, 0.25) is 0 Å². The molecule has 4 aromatic rings. The number of fused-ring (bicyclic) bond motifs is 1. The summed E-state index contributed by atoms with van der Waals surface area (Å²) in [5.74, 6) is -0.582. The number of hydrogen-bond donors (Lipinski definition) is 0. The highest BCUT2D eigenvalue weighted by molar-refractivity contribution is 9.10. The van der Waals surface area contributed by atoms with Gasteiger partial charge in [0.1, 0.15) is 0 Å². The Morgan fingerprint density at radius 3 is 2.23 bits per heavy atom. The van der Waals surface area contributed by atoms with Crippen LogP contribution in [0.15, 0.2) is 77.3 Å². The topological polar surface area (TPSA) is 37.4 Å². The molecule has 0 N–H and O–H groups in total. The largest absolute Gasteiger partial charge is 0.268 e. The van der Waals surface area contributed by atoms with E-state index < -0.39 is 0 Å². The van der Waals surface area contributed by atoms with Crippen molar-refractivity contribution < 1.29 is 9.59 Å². The predicted octanol–water partition coefficient (Wildman–Crippen LogP) is 5.56. The second-order valence-corrected chi connectivity index (χ2v) is 7.25. The van der Waals surface area contributed by atoms with Crippen molar-refractivity contribution >= 4 is 55.0 Å². The molecule has 0 radical (unpaired) electrons. The van der Waals surface area contributed by atoms with E-state index in [0.29, 0.717) is 16.8 Å². The van der Waals surface area contributed by atoms with E-state index in [-0.39, 0.29) is 11.8 Å². The van der Waals surface area contributed by atoms with Gasteiger partial charge in [-0.25, -0.2) is 4.90 Å². The Bertz CT molecular complexity index is 1250. The van der Waals surface area contributed by atoms with Crippen molar-refractivity contribution in [2.75, 3.05) is 4.90 Å². The summed E-state index contributed by atoms with van der Waals surface area (Å²) >= 11 is 3.47. The van der Waals surface area contributed by atoms with Crippen molar-refractivity contribution in [1.82, 2.24) is 0 Å². The van der Waals surface area contributed by atoms with Gasteiger partial charge in [0.05, 0.1) is 11.3 Å². The SMILES string of the molecule is O=C1c2cccc3cc(Br)cc(c23)C(=O)N1c1ccc2ccccc2c1. The summed E-state index contributed by atoms with van der Waals surface area (Å²) in [5, 5.41) is 3.66. The van der Waals surface area contributed by atoms with Crippen molar-refractivity contribution in [2.24, 2.45) is 0 Å². The van der Waals surface area contributed by atoms with Crippen LogP contribution in [0.25, 0.3) is 21.5 Å². The summed E-state index contributed by atoms with van der Waals surface area (Å²) in [6, 6.07) is 22.8. The molecular weight excluding hydrogens is 390 g/mol. The fraction of sp³-hybridized carbons (Fsp3) is 0. The van der Waals surface area contributed by atoms with Gasteiger partial charge in [-0.05, 0) is 46.5 Å². The normalized spacial score (nSPS) is 13.7. The number of rotatable bonds is 1. The smallest absolute Gasteiger partial charge is 0.266 e. The van der Waals surface area contributed by atoms with Crippen molar-refractivity contribution in [3.05, 3.63) is 88.4 Å². The van der Waals surface area contributed by atoms with E-state index >= 15 is 0 Å². The molecule has 0 aromatic heterocycles. The fourth-order valence-corrected chi connectivity index (χ4v) is 4.10. The number of imide groups is 1. The van der Waals surface area contributed by atoms with Crippen LogP contribution in [-0.4, -0.2) is 11.8 Å². The Hall–Kier alpha value is -2.98. The zero-order chi connectivity index (χ0) is 17.8. The van der Waals surface area contributed by atoms with E-state index in [1.54, 1.807) is 12.1 Å². The summed E-state index contributed by atoms with van der Waals surface area (Å²) in [4.78, 5) is 27.6. The van der Waals surface area contributed by atoms with E-state index in [1.807, 2.05) is 60.7 Å². The molecule has 26 heavy (non-hydrogen) atoms. The Morgan fingerprint density at radius 1 is 0.654 bits per heavy atom. The van der Waals surface area contributed by atoms with E-state index in [4.69, 9.17) is 0 Å². The van der Waals surface area contributed by atoms with Crippen molar-refractivity contribution in [3.8, 4) is 0 Å². The minimum Gasteiger partial charge on any atom is -0.268 e. The lowest BCUT2D eigenvalue weighted by molar-refractivity contribution is 0.0893. The van der Waals surface area contributed by atoms with Gasteiger partial charge in [-0.1, -0.05) is 58.4 Å². The lowest BCUT2D eigenvalue weighted by atomic mass is 9.93. The van der Waals surface area contributed by atoms with E-state index in [9.17, 15) is 9.59 Å². The highest BCUT2D eigenvalue weighted by Gasteiger charge is 2.34. The Kier molecular flexibility index (Phi) is 3.24. The minimum atomic E-state index is -0.296. The highest BCUT2D eigenvalue weighted by Crippen LogP contribution is 2.35. The highest BCUT2D eigenvalue weighted by atomic mass is 79.9. The molecule has 0 spiro atoms. The summed E-state index contributed by atoms with van der Waals surface area (Å²) < 4.78 is 0.818. The van der Waals surface area contributed by atoms with Crippen LogP contribution in [0.4, 0.5) is 5.69 Å². The molecule has 4 heteroatoms. The molecule has 0 saturated heterocycles. The number of amides is 2. The summed E-state index contributed by atoms with van der Waals surface area (Å²) in [6.07, 6.45) is 0. The van der Waals surface area contributed by atoms with E-state index in [2.05, 4.69) is 15.9 Å². The summed E-state index contributed by atoms with van der Waals surface area (Å²) in [6.45, 7) is 0. The molecule has 0 fully saturated rings. The van der Waals surface area contributed by atoms with Gasteiger partial charge < -0.3 is 0 Å². The lowest BCUT2D eigenvalue weighted by Crippen LogP contribution is -2.40. The van der Waals surface area contributed by atoms with Crippen LogP contribution in [-0.2, 0) is 0 Å². The van der Waals surface area contributed by atoms with Crippen molar-refractivity contribution in [1.29, 1.82) is 0 Å². The molecule has 3 nitrogen and oxygen atoms in total. The first kappa shape index (κ1) is 15.3. The molecule has 0 unspecified atom stereocenters. The molecule has 5 rings (SSSR count). The monoisotopic (exact) mass is 401 g/mol. The van der Waals surface area contributed by atoms with Crippen molar-refractivity contribution in [3.63, 3.8) is 0 Å². The Morgan fingerprint density at radius 2 is 1.38 bits per heavy atom. The molecule has 0 saturated carbocycles. The maximum atomic E-state index is 13.2. The number of carbonyl (C=O) groups excluding carboxylic acids is 2. The molecule has 1 aliphatic heterocycles. The number of hydrogen-bond acceptors (Lipinski definition) is 2. The first-order chi connectivity index (χ1) is 12.6. The number of anilines is 1. The third-order valence-electron chi connectivity index (χ3n) is 4.80. The van der Waals surface area contributed by atoms with Gasteiger partial charge in [0.25, 0.3) is 11.8 Å². The minimum absolute atomic E-state index is 0.286. The molecule has 1 heterocycles. The third-order valence-corrected chi connectivity index (χ3v) is 5.26. The van der Waals surface area contributed by atoms with Gasteiger partial charge in [-0.15, -0.1) is 0 Å². The van der Waals surface area contributed by atoms with Gasteiger partial charge in [-0.3, -0.25) is 9.59 Å². The van der Waals surface area contributed by atoms with Crippen LogP contribution in [0.2, 0.25) is 0 Å². The number of benzene rings is 4. The fourth-order valence-electron chi connectivity index (χ4n) is 3.62. The molecule has 0 aliphatic carbocycles. The number of halogens is 1. The quantitative estimate of drug-likeness (QED) is 0.391. The Labute approximate surface area is 158 Å². The second kappa shape index (κ2) is 5.51. The molecule has 0 atom stereocenters. The molecule has 2 amide bonds. The van der Waals surface area contributed by atoms with E-state index in [0.717, 1.165) is 26.0 Å². The third kappa shape index (κ3) is 2.12. The maximum absolute atomic E-state index is 13.2. The zero-order valence-corrected chi connectivity index (χ0v) is 15.2. The van der Waals surface area contributed by atoms with Gasteiger partial charge in [0.15, 0.2) is 0 Å². The lowest BCUT2D eigenvalue weighted by Gasteiger charge is -2.27. The van der Waals surface area contributed by atoms with Crippen LogP contribution < -0.4 is 4.90 Å². The second-order valence-electron chi connectivity index (χ2n) is 6.33. The predicted molar refractivity (Wildman–Crippen MR) is 107 cm³/mol. The van der Waals surface area contributed by atoms with E-state index in [1.165, 1.54) is 4.90 Å². The molecular formula is C22H12BrNO2. The van der Waals surface area contributed by atoms with Crippen molar-refractivity contribution in [2.45, 2.75) is 0 Å². The number of carbonyl (C=O) groups is 2. The van der Waals surface area contributed by atoms with Gasteiger partial charge in [0, 0.05) is 15.4 Å². The average Bonchev–Trinajstić information content (AvgIpc) is 2.65. The number of nitrogens with zero attached hydrogens (tertiary/aromatic N) is 1. The van der Waals surface area contributed by atoms with Crippen LogP contribution in [0.1, 0.15) is 20.7 Å². The maximum Gasteiger partial charge on any atom is 0.266 e. The van der Waals surface area contributed by atoms with Crippen LogP contribution in [0.3, 0.4) is 0 Å². The van der Waals surface area contributed by atoms with Gasteiger partial charge >= 0.3 is 0 Å². The molecule has 4 aromatic carbocycles. The standard InChI is InChI=1S/C22H12BrNO2/c23-16-10-15-6-3-7-18-20(15)19(12-16)22(26)24(21(18)25)17-9-8-13-4-1-2-5-14(13)11-17/h1-12H. The first-order valence-corrected chi connectivity index (χ1v) is 9.03.